The molecule has 104 valence electrons. The van der Waals surface area contributed by atoms with Gasteiger partial charge in [0.2, 0.25) is 0 Å². The van der Waals surface area contributed by atoms with E-state index in [1.54, 1.807) is 24.3 Å². The van der Waals surface area contributed by atoms with Crippen LogP contribution in [0.5, 0.6) is 0 Å². The topological polar surface area (TPSA) is 97.5 Å². The average molecular weight is 293 g/mol. The molecule has 0 radical (unpaired) electrons. The van der Waals surface area contributed by atoms with E-state index in [0.29, 0.717) is 0 Å². The Morgan fingerprint density at radius 2 is 1.70 bits per heavy atom. The molecule has 1 N–H and O–H groups in total. The van der Waals surface area contributed by atoms with Crippen LogP contribution < -0.4 is 0 Å². The molecule has 0 aromatic heterocycles. The third-order valence-electron chi connectivity index (χ3n) is 2.78. The van der Waals surface area contributed by atoms with Crippen LogP contribution in [-0.4, -0.2) is 17.9 Å². The van der Waals surface area contributed by atoms with Crippen molar-refractivity contribution in [2.45, 2.75) is 11.3 Å². The molecule has 0 aliphatic rings. The molecule has 2 rings (SSSR count). The maximum Gasteiger partial charge on any atom is 0.301 e. The van der Waals surface area contributed by atoms with Crippen molar-refractivity contribution in [2.75, 3.05) is 0 Å². The molecule has 2 aromatic rings. The van der Waals surface area contributed by atoms with Crippen molar-refractivity contribution < 1.29 is 17.9 Å². The van der Waals surface area contributed by atoms with E-state index < -0.39 is 25.6 Å². The SMILES string of the molecule is O=[N+]([O-])c1c(Cc2ccccc2)cccc1S(=O)(=O)O. The number of hydrogen-bond donors (Lipinski definition) is 1. The molecule has 0 bridgehead atoms. The number of benzene rings is 2. The van der Waals surface area contributed by atoms with E-state index in [4.69, 9.17) is 4.55 Å². The van der Waals surface area contributed by atoms with E-state index in [-0.39, 0.29) is 12.0 Å². The number of nitro groups is 1. The molecule has 0 amide bonds. The Kier molecular flexibility index (Phi) is 3.82. The first-order chi connectivity index (χ1) is 9.39. The van der Waals surface area contributed by atoms with Gasteiger partial charge in [-0.1, -0.05) is 42.5 Å². The standard InChI is InChI=1S/C13H11NO5S/c15-14(16)13-11(9-10-5-2-1-3-6-10)7-4-8-12(13)20(17,18)19/h1-8H,9H2,(H,17,18,19). The van der Waals surface area contributed by atoms with E-state index in [1.165, 1.54) is 12.1 Å². The van der Waals surface area contributed by atoms with Crippen LogP contribution in [0.4, 0.5) is 5.69 Å². The highest BCUT2D eigenvalue weighted by Gasteiger charge is 2.27. The zero-order valence-electron chi connectivity index (χ0n) is 10.3. The summed E-state index contributed by atoms with van der Waals surface area (Å²) in [6.07, 6.45) is 0.209. The molecule has 0 saturated carbocycles. The number of hydrogen-bond acceptors (Lipinski definition) is 4. The highest BCUT2D eigenvalue weighted by atomic mass is 32.2. The van der Waals surface area contributed by atoms with Gasteiger partial charge >= 0.3 is 10.1 Å². The molecule has 0 spiro atoms. The predicted molar refractivity (Wildman–Crippen MR) is 72.2 cm³/mol. The number of rotatable bonds is 4. The van der Waals surface area contributed by atoms with E-state index in [2.05, 4.69) is 0 Å². The van der Waals surface area contributed by atoms with Crippen LogP contribution in [0.15, 0.2) is 53.4 Å². The second-order valence-corrected chi connectivity index (χ2v) is 5.55. The van der Waals surface area contributed by atoms with Gasteiger partial charge < -0.3 is 0 Å². The van der Waals surface area contributed by atoms with Gasteiger partial charge in [-0.2, -0.15) is 8.42 Å². The fourth-order valence-corrected chi connectivity index (χ4v) is 2.64. The van der Waals surface area contributed by atoms with Gasteiger partial charge in [0, 0.05) is 12.0 Å². The molecule has 0 fully saturated rings. The Morgan fingerprint density at radius 1 is 1.05 bits per heavy atom. The summed E-state index contributed by atoms with van der Waals surface area (Å²) in [5.74, 6) is 0. The monoisotopic (exact) mass is 293 g/mol. The van der Waals surface area contributed by atoms with Crippen molar-refractivity contribution in [2.24, 2.45) is 0 Å². The normalized spacial score (nSPS) is 11.2. The molecule has 6 nitrogen and oxygen atoms in total. The van der Waals surface area contributed by atoms with Crippen LogP contribution in [0.2, 0.25) is 0 Å². The summed E-state index contributed by atoms with van der Waals surface area (Å²) in [5.41, 5.74) is 0.457. The third kappa shape index (κ3) is 3.01. The van der Waals surface area contributed by atoms with Crippen molar-refractivity contribution in [3.8, 4) is 0 Å². The maximum atomic E-state index is 11.2. The van der Waals surface area contributed by atoms with E-state index in [1.807, 2.05) is 6.07 Å². The first-order valence-corrected chi connectivity index (χ1v) is 7.11. The minimum Gasteiger partial charge on any atom is -0.282 e. The largest absolute Gasteiger partial charge is 0.301 e. The number of para-hydroxylation sites is 1. The first-order valence-electron chi connectivity index (χ1n) is 5.67. The van der Waals surface area contributed by atoms with Crippen LogP contribution in [0, 0.1) is 10.1 Å². The Hall–Kier alpha value is -2.25. The van der Waals surface area contributed by atoms with E-state index in [0.717, 1.165) is 11.6 Å². The van der Waals surface area contributed by atoms with Crippen molar-refractivity contribution >= 4 is 15.8 Å². The average Bonchev–Trinajstić information content (AvgIpc) is 2.38. The van der Waals surface area contributed by atoms with Gasteiger partial charge in [-0.05, 0) is 11.6 Å². The molecule has 7 heteroatoms. The Morgan fingerprint density at radius 3 is 2.25 bits per heavy atom. The molecule has 0 aliphatic carbocycles. The lowest BCUT2D eigenvalue weighted by Crippen LogP contribution is -2.06. The highest BCUT2D eigenvalue weighted by Crippen LogP contribution is 2.29. The predicted octanol–water partition coefficient (Wildman–Crippen LogP) is 2.43. The summed E-state index contributed by atoms with van der Waals surface area (Å²) in [4.78, 5) is 9.63. The number of nitrogens with zero attached hydrogens (tertiary/aromatic N) is 1. The molecular formula is C13H11NO5S. The van der Waals surface area contributed by atoms with E-state index >= 15 is 0 Å². The van der Waals surface area contributed by atoms with Gasteiger partial charge in [0.15, 0.2) is 4.90 Å². The Balaban J connectivity index is 2.57. The minimum absolute atomic E-state index is 0.209. The third-order valence-corrected chi connectivity index (χ3v) is 3.67. The summed E-state index contributed by atoms with van der Waals surface area (Å²) in [6.45, 7) is 0. The Labute approximate surface area is 115 Å². The molecule has 0 saturated heterocycles. The van der Waals surface area contributed by atoms with Gasteiger partial charge in [-0.3, -0.25) is 14.7 Å². The van der Waals surface area contributed by atoms with Gasteiger partial charge in [-0.15, -0.1) is 0 Å². The second kappa shape index (κ2) is 5.40. The van der Waals surface area contributed by atoms with E-state index in [9.17, 15) is 18.5 Å². The summed E-state index contributed by atoms with van der Waals surface area (Å²) in [7, 11) is -4.63. The summed E-state index contributed by atoms with van der Waals surface area (Å²) >= 11 is 0. The molecule has 2 aromatic carbocycles. The maximum absolute atomic E-state index is 11.2. The summed E-state index contributed by atoms with van der Waals surface area (Å²) in [6, 6.07) is 12.8. The second-order valence-electron chi connectivity index (χ2n) is 4.16. The van der Waals surface area contributed by atoms with Gasteiger partial charge in [0.05, 0.1) is 4.92 Å². The minimum atomic E-state index is -4.63. The van der Waals surface area contributed by atoms with Crippen molar-refractivity contribution in [3.63, 3.8) is 0 Å². The molecule has 0 aliphatic heterocycles. The van der Waals surface area contributed by atoms with Crippen LogP contribution in [-0.2, 0) is 16.5 Å². The lowest BCUT2D eigenvalue weighted by Gasteiger charge is -2.06. The number of nitro benzene ring substituents is 1. The lowest BCUT2D eigenvalue weighted by molar-refractivity contribution is -0.388. The first kappa shape index (κ1) is 14.2. The van der Waals surface area contributed by atoms with Crippen LogP contribution in [0.3, 0.4) is 0 Å². The zero-order chi connectivity index (χ0) is 14.8. The van der Waals surface area contributed by atoms with Crippen molar-refractivity contribution in [1.82, 2.24) is 0 Å². The van der Waals surface area contributed by atoms with Gasteiger partial charge in [0.25, 0.3) is 5.69 Å². The van der Waals surface area contributed by atoms with Crippen LogP contribution >= 0.6 is 0 Å². The fraction of sp³-hybridized carbons (Fsp3) is 0.0769. The zero-order valence-corrected chi connectivity index (χ0v) is 11.1. The smallest absolute Gasteiger partial charge is 0.282 e. The molecular weight excluding hydrogens is 282 g/mol. The summed E-state index contributed by atoms with van der Waals surface area (Å²) in [5, 5.41) is 11.1. The van der Waals surface area contributed by atoms with Gasteiger partial charge in [0.1, 0.15) is 0 Å². The fourth-order valence-electron chi connectivity index (χ4n) is 1.94. The lowest BCUT2D eigenvalue weighted by atomic mass is 10.0. The molecule has 0 unspecified atom stereocenters. The molecule has 0 heterocycles. The Bertz CT molecular complexity index is 741. The highest BCUT2D eigenvalue weighted by molar-refractivity contribution is 7.86. The molecule has 0 atom stereocenters. The van der Waals surface area contributed by atoms with Gasteiger partial charge in [-0.25, -0.2) is 0 Å². The molecule has 20 heavy (non-hydrogen) atoms. The van der Waals surface area contributed by atoms with Crippen LogP contribution in [0.25, 0.3) is 0 Å². The summed E-state index contributed by atoms with van der Waals surface area (Å²) < 4.78 is 31.5. The van der Waals surface area contributed by atoms with Crippen molar-refractivity contribution in [3.05, 3.63) is 69.8 Å². The van der Waals surface area contributed by atoms with Crippen molar-refractivity contribution in [1.29, 1.82) is 0 Å². The quantitative estimate of drug-likeness (QED) is 0.530. The van der Waals surface area contributed by atoms with Crippen LogP contribution in [0.1, 0.15) is 11.1 Å².